The predicted molar refractivity (Wildman–Crippen MR) is 126 cm³/mol. The van der Waals surface area contributed by atoms with Crippen molar-refractivity contribution in [2.45, 2.75) is 25.7 Å². The molecule has 0 radical (unpaired) electrons. The van der Waals surface area contributed by atoms with Gasteiger partial charge in [-0.15, -0.1) is 0 Å². The van der Waals surface area contributed by atoms with E-state index >= 15 is 0 Å². The summed E-state index contributed by atoms with van der Waals surface area (Å²) in [7, 11) is 0. The van der Waals surface area contributed by atoms with Crippen LogP contribution in [-0.4, -0.2) is 0 Å². The fraction of sp³-hybridized carbons (Fsp3) is 0.133. The van der Waals surface area contributed by atoms with E-state index in [2.05, 4.69) is 109 Å². The molecule has 0 unspecified atom stereocenters. The fourth-order valence-corrected chi connectivity index (χ4v) is 4.46. The normalized spacial score (nSPS) is 9.88. The summed E-state index contributed by atoms with van der Waals surface area (Å²) in [5.74, 6) is 0. The molecule has 34 heavy (non-hydrogen) atoms. The molecule has 0 N–H and O–H groups in total. The third-order valence-electron chi connectivity index (χ3n) is 6.03. The van der Waals surface area contributed by atoms with Crippen molar-refractivity contribution in [3.8, 4) is 0 Å². The molecule has 0 nitrogen and oxygen atoms in total. The van der Waals surface area contributed by atoms with Crippen LogP contribution in [0.25, 0.3) is 0 Å². The first-order chi connectivity index (χ1) is 14.8. The molecular formula is C30H26Li4. The molecule has 5 rings (SSSR count). The smallest absolute Gasteiger partial charge is 0.213 e. The molecule has 4 heteroatoms. The molecular weight excluding hydrogens is 388 g/mol. The molecule has 0 aliphatic carbocycles. The van der Waals surface area contributed by atoms with Crippen LogP contribution in [0.4, 0.5) is 0 Å². The average Bonchev–Trinajstić information content (AvgIpc) is 3.54. The quantitative estimate of drug-likeness (QED) is 0.176. The second-order valence-electron chi connectivity index (χ2n) is 8.27. The third-order valence-corrected chi connectivity index (χ3v) is 6.03. The Hall–Kier alpha value is -0.990. The summed E-state index contributed by atoms with van der Waals surface area (Å²) < 4.78 is 0. The van der Waals surface area contributed by atoms with Crippen molar-refractivity contribution in [2.75, 3.05) is 0 Å². The Morgan fingerprint density at radius 1 is 0.324 bits per heavy atom. The summed E-state index contributed by atoms with van der Waals surface area (Å²) in [5.41, 5.74) is 11.4. The van der Waals surface area contributed by atoms with E-state index in [0.717, 1.165) is 25.7 Å². The molecule has 0 saturated carbocycles. The van der Waals surface area contributed by atoms with Gasteiger partial charge in [-0.1, -0.05) is 34.4 Å². The molecule has 0 aliphatic rings. The Labute approximate surface area is 252 Å². The second-order valence-corrected chi connectivity index (χ2v) is 8.27. The molecule has 0 aliphatic heterocycles. The molecule has 5 aromatic rings. The van der Waals surface area contributed by atoms with Gasteiger partial charge >= 0.3 is 75.4 Å². The minimum absolute atomic E-state index is 0. The Bertz CT molecular complexity index is 976. The molecule has 0 amide bonds. The first-order valence-electron chi connectivity index (χ1n) is 10.8. The maximum atomic E-state index is 2.48. The van der Waals surface area contributed by atoms with Crippen molar-refractivity contribution < 1.29 is 75.4 Å². The van der Waals surface area contributed by atoms with E-state index in [1.54, 1.807) is 0 Å². The molecule has 0 heterocycles. The van der Waals surface area contributed by atoms with Crippen LogP contribution in [0.1, 0.15) is 44.5 Å². The zero-order valence-electron chi connectivity index (χ0n) is 21.2. The fourth-order valence-electron chi connectivity index (χ4n) is 4.46. The van der Waals surface area contributed by atoms with Gasteiger partial charge in [-0.05, 0) is 25.7 Å². The topological polar surface area (TPSA) is 0 Å². The van der Waals surface area contributed by atoms with E-state index < -0.39 is 0 Å². The minimum atomic E-state index is 0. The molecule has 0 spiro atoms. The van der Waals surface area contributed by atoms with Crippen molar-refractivity contribution in [3.05, 3.63) is 154 Å². The number of benzene rings is 1. The van der Waals surface area contributed by atoms with E-state index in [-0.39, 0.29) is 75.4 Å². The van der Waals surface area contributed by atoms with Gasteiger partial charge in [0.15, 0.2) is 0 Å². The summed E-state index contributed by atoms with van der Waals surface area (Å²) in [6.45, 7) is 0. The van der Waals surface area contributed by atoms with E-state index in [4.69, 9.17) is 0 Å². The van der Waals surface area contributed by atoms with Gasteiger partial charge in [0, 0.05) is 0 Å². The van der Waals surface area contributed by atoms with Gasteiger partial charge in [-0.2, -0.15) is 70.8 Å². The van der Waals surface area contributed by atoms with Crippen molar-refractivity contribution in [1.29, 1.82) is 0 Å². The molecule has 0 saturated heterocycles. The van der Waals surface area contributed by atoms with Gasteiger partial charge in [0.05, 0.1) is 0 Å². The van der Waals surface area contributed by atoms with Crippen molar-refractivity contribution in [3.63, 3.8) is 0 Å². The molecule has 5 aromatic carbocycles. The van der Waals surface area contributed by atoms with Gasteiger partial charge in [-0.25, -0.2) is 48.5 Å². The Morgan fingerprint density at radius 3 is 0.676 bits per heavy atom. The van der Waals surface area contributed by atoms with Crippen molar-refractivity contribution >= 4 is 0 Å². The minimum Gasteiger partial charge on any atom is -0.213 e. The molecule has 0 fully saturated rings. The van der Waals surface area contributed by atoms with E-state index in [0.29, 0.717) is 0 Å². The summed E-state index contributed by atoms with van der Waals surface area (Å²) >= 11 is 0. The average molecular weight is 414 g/mol. The van der Waals surface area contributed by atoms with Crippen LogP contribution in [0.15, 0.2) is 109 Å². The zero-order valence-corrected chi connectivity index (χ0v) is 21.2. The van der Waals surface area contributed by atoms with E-state index in [1.165, 1.54) is 44.5 Å². The SMILES string of the molecule is [Li+].[Li+].[Li+].[Li+].c1cc[c-](Cc2cc(C[c-]3cccc3)c(C[c-]3cccc3)cc2C[c-]2cccc2)c1. The van der Waals surface area contributed by atoms with E-state index in [9.17, 15) is 0 Å². The monoisotopic (exact) mass is 414 g/mol. The first kappa shape index (κ1) is 31.0. The van der Waals surface area contributed by atoms with Crippen LogP contribution >= 0.6 is 0 Å². The third kappa shape index (κ3) is 8.02. The van der Waals surface area contributed by atoms with Gasteiger partial charge in [0.1, 0.15) is 0 Å². The van der Waals surface area contributed by atoms with E-state index in [1.807, 2.05) is 0 Å². The molecule has 0 bridgehead atoms. The standard InChI is InChI=1S/C30H26.4Li/c1-2-10-23(9-1)17-27-21-29(19-25-13-5-6-14-25)30(20-26-15-7-8-16-26)22-28(27)18-24-11-3-4-12-24;;;;/h1-16,21-22H,17-20H2;;;;/q-4;4*+1. The Balaban J connectivity index is 0.00000144. The maximum absolute atomic E-state index is 2.48. The van der Waals surface area contributed by atoms with Gasteiger partial charge in [-0.3, -0.25) is 0 Å². The number of hydrogen-bond donors (Lipinski definition) is 0. The summed E-state index contributed by atoms with van der Waals surface area (Å²) in [6, 6.07) is 40.0. The van der Waals surface area contributed by atoms with Gasteiger partial charge in [0.2, 0.25) is 0 Å². The van der Waals surface area contributed by atoms with Crippen molar-refractivity contribution in [1.82, 2.24) is 0 Å². The molecule has 0 atom stereocenters. The predicted octanol–water partition coefficient (Wildman–Crippen LogP) is -5.06. The van der Waals surface area contributed by atoms with Gasteiger partial charge in [0.25, 0.3) is 0 Å². The number of hydrogen-bond acceptors (Lipinski definition) is 0. The summed E-state index contributed by atoms with van der Waals surface area (Å²) in [4.78, 5) is 0. The molecule has 150 valence electrons. The largest absolute Gasteiger partial charge is 1.00 e. The Kier molecular flexibility index (Phi) is 13.9. The van der Waals surface area contributed by atoms with Crippen LogP contribution in [0.3, 0.4) is 0 Å². The summed E-state index contributed by atoms with van der Waals surface area (Å²) in [6.07, 6.45) is 3.98. The van der Waals surface area contributed by atoms with Crippen LogP contribution in [-0.2, 0) is 25.7 Å². The zero-order chi connectivity index (χ0) is 20.2. The number of rotatable bonds is 8. The van der Waals surface area contributed by atoms with Crippen LogP contribution < -0.4 is 75.4 Å². The van der Waals surface area contributed by atoms with Crippen molar-refractivity contribution in [2.24, 2.45) is 0 Å². The first-order valence-corrected chi connectivity index (χ1v) is 10.8. The maximum Gasteiger partial charge on any atom is 1.00 e. The summed E-state index contributed by atoms with van der Waals surface area (Å²) in [5, 5.41) is 0. The van der Waals surface area contributed by atoms with Crippen LogP contribution in [0.5, 0.6) is 0 Å². The van der Waals surface area contributed by atoms with Gasteiger partial charge < -0.3 is 0 Å². The van der Waals surface area contributed by atoms with Crippen LogP contribution in [0.2, 0.25) is 0 Å². The molecule has 0 aromatic heterocycles. The Morgan fingerprint density at radius 2 is 0.500 bits per heavy atom. The van der Waals surface area contributed by atoms with Crippen LogP contribution in [0, 0.1) is 0 Å². The second kappa shape index (κ2) is 15.2.